The Morgan fingerprint density at radius 1 is 1.04 bits per heavy atom. The number of carbonyl (C=O) groups is 5. The quantitative estimate of drug-likeness (QED) is 0.238. The van der Waals surface area contributed by atoms with Gasteiger partial charge in [-0.25, -0.2) is 0 Å². The maximum Gasteiger partial charge on any atom is 0.322 e. The topological polar surface area (TPSA) is 194 Å². The average Bonchev–Trinajstić information content (AvgIpc) is 2.48. The van der Waals surface area contributed by atoms with Gasteiger partial charge in [0.05, 0.1) is 13.0 Å². The summed E-state index contributed by atoms with van der Waals surface area (Å²) in [5, 5.41) is 15.3. The van der Waals surface area contributed by atoms with E-state index in [0.717, 1.165) is 0 Å². The molecule has 0 spiro atoms. The zero-order valence-electron chi connectivity index (χ0n) is 13.5. The Bertz CT molecular complexity index is 507. The number of rotatable bonds is 10. The highest BCUT2D eigenvalue weighted by atomic mass is 16.4. The zero-order chi connectivity index (χ0) is 18.9. The van der Waals surface area contributed by atoms with Crippen LogP contribution >= 0.6 is 0 Å². The van der Waals surface area contributed by atoms with Gasteiger partial charge in [-0.15, -0.1) is 0 Å². The number of carboxylic acids is 1. The maximum absolute atomic E-state index is 12.2. The number of nitrogens with one attached hydrogen (secondary N) is 3. The molecule has 0 aliphatic rings. The number of hydrogen-bond donors (Lipinski definition) is 6. The summed E-state index contributed by atoms with van der Waals surface area (Å²) in [4.78, 5) is 57.0. The van der Waals surface area contributed by atoms with Gasteiger partial charge in [-0.05, 0) is 5.92 Å². The largest absolute Gasteiger partial charge is 0.480 e. The second kappa shape index (κ2) is 10.2. The number of aliphatic carboxylic acids is 1. The third-order valence-electron chi connectivity index (χ3n) is 2.90. The number of hydrogen-bond acceptors (Lipinski definition) is 6. The van der Waals surface area contributed by atoms with Crippen molar-refractivity contribution in [1.29, 1.82) is 0 Å². The molecule has 136 valence electrons. The van der Waals surface area contributed by atoms with Gasteiger partial charge in [-0.1, -0.05) is 13.8 Å². The first-order chi connectivity index (χ1) is 11.1. The average molecular weight is 345 g/mol. The van der Waals surface area contributed by atoms with E-state index >= 15 is 0 Å². The van der Waals surface area contributed by atoms with E-state index in [1.54, 1.807) is 13.8 Å². The molecule has 0 aromatic heterocycles. The van der Waals surface area contributed by atoms with Gasteiger partial charge in [0.2, 0.25) is 23.6 Å². The summed E-state index contributed by atoms with van der Waals surface area (Å²) in [6.07, 6.45) is -0.473. The van der Waals surface area contributed by atoms with Crippen molar-refractivity contribution in [2.75, 3.05) is 13.1 Å². The molecule has 8 N–H and O–H groups in total. The molecule has 0 aromatic carbocycles. The van der Waals surface area contributed by atoms with E-state index in [9.17, 15) is 24.0 Å². The van der Waals surface area contributed by atoms with Crippen LogP contribution in [0.2, 0.25) is 0 Å². The monoisotopic (exact) mass is 345 g/mol. The molecule has 24 heavy (non-hydrogen) atoms. The zero-order valence-corrected chi connectivity index (χ0v) is 13.5. The van der Waals surface area contributed by atoms with Crippen molar-refractivity contribution in [3.05, 3.63) is 0 Å². The number of primary amides is 1. The highest BCUT2D eigenvalue weighted by Gasteiger charge is 2.29. The van der Waals surface area contributed by atoms with Crippen LogP contribution in [-0.4, -0.2) is 59.9 Å². The second-order valence-corrected chi connectivity index (χ2v) is 5.34. The first-order valence-electron chi connectivity index (χ1n) is 7.16. The molecular weight excluding hydrogens is 322 g/mol. The minimum Gasteiger partial charge on any atom is -0.480 e. The Balaban J connectivity index is 5.03. The Labute approximate surface area is 138 Å². The van der Waals surface area contributed by atoms with Crippen LogP contribution in [0, 0.1) is 5.92 Å². The van der Waals surface area contributed by atoms with Gasteiger partial charge in [0.1, 0.15) is 18.6 Å². The third-order valence-corrected chi connectivity index (χ3v) is 2.90. The minimum absolute atomic E-state index is 0.373. The van der Waals surface area contributed by atoms with Crippen molar-refractivity contribution in [3.63, 3.8) is 0 Å². The first-order valence-corrected chi connectivity index (χ1v) is 7.16. The fraction of sp³-hybridized carbons (Fsp3) is 0.615. The molecule has 0 aromatic rings. The summed E-state index contributed by atoms with van der Waals surface area (Å²) in [5.41, 5.74) is 10.2. The van der Waals surface area contributed by atoms with Gasteiger partial charge in [-0.2, -0.15) is 0 Å². The molecule has 0 radical (unpaired) electrons. The van der Waals surface area contributed by atoms with Crippen molar-refractivity contribution < 1.29 is 29.1 Å². The highest BCUT2D eigenvalue weighted by Crippen LogP contribution is 2.03. The van der Waals surface area contributed by atoms with E-state index in [1.165, 1.54) is 0 Å². The summed E-state index contributed by atoms with van der Waals surface area (Å²) in [7, 11) is 0. The predicted octanol–water partition coefficient (Wildman–Crippen LogP) is -3.35. The van der Waals surface area contributed by atoms with Crippen LogP contribution in [0.1, 0.15) is 20.3 Å². The molecule has 0 rings (SSSR count). The molecule has 0 aliphatic heterocycles. The maximum atomic E-state index is 12.2. The first kappa shape index (κ1) is 21.3. The Morgan fingerprint density at radius 2 is 1.62 bits per heavy atom. The van der Waals surface area contributed by atoms with Crippen molar-refractivity contribution >= 4 is 29.6 Å². The van der Waals surface area contributed by atoms with Gasteiger partial charge in [-0.3, -0.25) is 24.0 Å². The standard InChI is InChI=1S/C13H23N5O6/c1-6(2)11(13(24)16-5-10(21)22)18-12(23)7(3-8(15)19)17-9(20)4-14/h6-7,11H,3-5,14H2,1-2H3,(H2,15,19)(H,16,24)(H,17,20)(H,18,23)(H,21,22). The van der Waals surface area contributed by atoms with E-state index < -0.39 is 61.2 Å². The lowest BCUT2D eigenvalue weighted by Crippen LogP contribution is -2.57. The molecule has 0 aliphatic carbocycles. The number of carbonyl (C=O) groups excluding carboxylic acids is 4. The van der Waals surface area contributed by atoms with Crippen LogP contribution in [-0.2, 0) is 24.0 Å². The number of nitrogens with two attached hydrogens (primary N) is 2. The third kappa shape index (κ3) is 8.08. The van der Waals surface area contributed by atoms with Crippen LogP contribution in [0.5, 0.6) is 0 Å². The summed E-state index contributed by atoms with van der Waals surface area (Å²) in [6, 6.07) is -2.34. The van der Waals surface area contributed by atoms with Crippen molar-refractivity contribution in [2.45, 2.75) is 32.4 Å². The molecular formula is C13H23N5O6. The lowest BCUT2D eigenvalue weighted by molar-refractivity contribution is -0.139. The number of amides is 4. The smallest absolute Gasteiger partial charge is 0.322 e. The second-order valence-electron chi connectivity index (χ2n) is 5.34. The van der Waals surface area contributed by atoms with Gasteiger partial charge >= 0.3 is 5.97 Å². The van der Waals surface area contributed by atoms with Crippen LogP contribution in [0.25, 0.3) is 0 Å². The van der Waals surface area contributed by atoms with Crippen LogP contribution < -0.4 is 27.4 Å². The molecule has 11 heteroatoms. The summed E-state index contributed by atoms with van der Waals surface area (Å²) in [6.45, 7) is 2.27. The van der Waals surface area contributed by atoms with E-state index in [0.29, 0.717) is 0 Å². The van der Waals surface area contributed by atoms with Gasteiger partial charge < -0.3 is 32.5 Å². The molecule has 0 heterocycles. The summed E-state index contributed by atoms with van der Waals surface area (Å²) in [5.74, 6) is -4.62. The molecule has 4 amide bonds. The fourth-order valence-electron chi connectivity index (χ4n) is 1.73. The molecule has 2 atom stereocenters. The summed E-state index contributed by atoms with van der Waals surface area (Å²) < 4.78 is 0. The SMILES string of the molecule is CC(C)C(NC(=O)C(CC(N)=O)NC(=O)CN)C(=O)NCC(=O)O. The Kier molecular flexibility index (Phi) is 9.02. The summed E-state index contributed by atoms with van der Waals surface area (Å²) >= 11 is 0. The van der Waals surface area contributed by atoms with E-state index in [1.807, 2.05) is 0 Å². The lowest BCUT2D eigenvalue weighted by Gasteiger charge is -2.24. The normalized spacial score (nSPS) is 12.8. The molecule has 0 bridgehead atoms. The van der Waals surface area contributed by atoms with Gasteiger partial charge in [0, 0.05) is 0 Å². The Morgan fingerprint density at radius 3 is 2.04 bits per heavy atom. The van der Waals surface area contributed by atoms with E-state index in [4.69, 9.17) is 16.6 Å². The van der Waals surface area contributed by atoms with Crippen LogP contribution in [0.15, 0.2) is 0 Å². The van der Waals surface area contributed by atoms with Crippen molar-refractivity contribution in [3.8, 4) is 0 Å². The lowest BCUT2D eigenvalue weighted by atomic mass is 10.0. The molecule has 11 nitrogen and oxygen atoms in total. The van der Waals surface area contributed by atoms with Crippen molar-refractivity contribution in [2.24, 2.45) is 17.4 Å². The highest BCUT2D eigenvalue weighted by molar-refractivity contribution is 5.95. The van der Waals surface area contributed by atoms with Gasteiger partial charge in [0.15, 0.2) is 0 Å². The van der Waals surface area contributed by atoms with Crippen LogP contribution in [0.4, 0.5) is 0 Å². The van der Waals surface area contributed by atoms with E-state index in [2.05, 4.69) is 16.0 Å². The molecule has 0 fully saturated rings. The fourth-order valence-corrected chi connectivity index (χ4v) is 1.73. The number of carboxylic acid groups (broad SMARTS) is 1. The molecule has 0 saturated carbocycles. The predicted molar refractivity (Wildman–Crippen MR) is 82.2 cm³/mol. The van der Waals surface area contributed by atoms with Crippen LogP contribution in [0.3, 0.4) is 0 Å². The molecule has 2 unspecified atom stereocenters. The van der Waals surface area contributed by atoms with Gasteiger partial charge in [0.25, 0.3) is 0 Å². The minimum atomic E-state index is -1.29. The van der Waals surface area contributed by atoms with Crippen molar-refractivity contribution in [1.82, 2.24) is 16.0 Å². The Hall–Kier alpha value is -2.69. The molecule has 0 saturated heterocycles. The van der Waals surface area contributed by atoms with E-state index in [-0.39, 0.29) is 5.92 Å².